The Morgan fingerprint density at radius 3 is 2.22 bits per heavy atom. The lowest BCUT2D eigenvalue weighted by Gasteiger charge is -2.39. The van der Waals surface area contributed by atoms with Gasteiger partial charge >= 0.3 is 0 Å². The number of anilines is 1. The van der Waals surface area contributed by atoms with Gasteiger partial charge in [0.1, 0.15) is 0 Å². The number of sulfonamides is 1. The minimum atomic E-state index is -3.45. The van der Waals surface area contributed by atoms with Gasteiger partial charge in [-0.3, -0.25) is 4.98 Å². The Bertz CT molecular complexity index is 1150. The Morgan fingerprint density at radius 1 is 0.812 bits per heavy atom. The summed E-state index contributed by atoms with van der Waals surface area (Å²) in [5.41, 5.74) is 1.26. The number of pyridine rings is 1. The summed E-state index contributed by atoms with van der Waals surface area (Å²) in [7, 11) is -3.45. The molecule has 5 rings (SSSR count). The van der Waals surface area contributed by atoms with Crippen LogP contribution in [0.1, 0.15) is 12.8 Å². The van der Waals surface area contributed by atoms with Crippen molar-refractivity contribution in [1.29, 1.82) is 0 Å². The minimum absolute atomic E-state index is 0.396. The monoisotopic (exact) mass is 450 g/mol. The SMILES string of the molecule is O=S(=O)(c1ccc2ccccc2c1)N1CCN(CC2CCN(c3ccncc3)CC2)CC1. The number of aromatic nitrogens is 1. The number of piperazine rings is 1. The second-order valence-electron chi connectivity index (χ2n) is 8.85. The van der Waals surface area contributed by atoms with Gasteiger partial charge in [-0.15, -0.1) is 0 Å². The largest absolute Gasteiger partial charge is 0.371 e. The Kier molecular flexibility index (Phi) is 6.13. The van der Waals surface area contributed by atoms with Crippen LogP contribution < -0.4 is 4.90 Å². The summed E-state index contributed by atoms with van der Waals surface area (Å²) in [4.78, 5) is 9.39. The van der Waals surface area contributed by atoms with Crippen molar-refractivity contribution in [2.75, 3.05) is 50.7 Å². The zero-order chi connectivity index (χ0) is 22.0. The summed E-state index contributed by atoms with van der Waals surface area (Å²) < 4.78 is 28.0. The van der Waals surface area contributed by atoms with Gasteiger partial charge in [0.2, 0.25) is 10.0 Å². The molecule has 168 valence electrons. The van der Waals surface area contributed by atoms with Crippen molar-refractivity contribution in [1.82, 2.24) is 14.2 Å². The predicted molar refractivity (Wildman–Crippen MR) is 128 cm³/mol. The quantitative estimate of drug-likeness (QED) is 0.596. The zero-order valence-corrected chi connectivity index (χ0v) is 19.1. The molecule has 2 aromatic carbocycles. The Balaban J connectivity index is 1.15. The molecule has 0 amide bonds. The van der Waals surface area contributed by atoms with Crippen LogP contribution in [0.15, 0.2) is 71.9 Å². The maximum absolute atomic E-state index is 13.2. The zero-order valence-electron chi connectivity index (χ0n) is 18.3. The maximum atomic E-state index is 13.2. The fourth-order valence-corrected chi connectivity index (χ4v) is 6.38. The van der Waals surface area contributed by atoms with Crippen molar-refractivity contribution < 1.29 is 8.42 Å². The smallest absolute Gasteiger partial charge is 0.243 e. The summed E-state index contributed by atoms with van der Waals surface area (Å²) in [6.07, 6.45) is 6.07. The van der Waals surface area contributed by atoms with Crippen LogP contribution in [0.5, 0.6) is 0 Å². The molecule has 0 atom stereocenters. The lowest BCUT2D eigenvalue weighted by Crippen LogP contribution is -2.50. The lowest BCUT2D eigenvalue weighted by atomic mass is 9.95. The number of hydrogen-bond donors (Lipinski definition) is 0. The second-order valence-corrected chi connectivity index (χ2v) is 10.8. The molecular weight excluding hydrogens is 420 g/mol. The molecule has 0 aliphatic carbocycles. The highest BCUT2D eigenvalue weighted by molar-refractivity contribution is 7.89. The van der Waals surface area contributed by atoms with Crippen molar-refractivity contribution in [3.05, 3.63) is 67.0 Å². The third kappa shape index (κ3) is 4.51. The lowest BCUT2D eigenvalue weighted by molar-refractivity contribution is 0.155. The van der Waals surface area contributed by atoms with E-state index in [1.54, 1.807) is 16.4 Å². The molecule has 3 aromatic rings. The van der Waals surface area contributed by atoms with Crippen molar-refractivity contribution in [2.24, 2.45) is 5.92 Å². The molecule has 0 bridgehead atoms. The van der Waals surface area contributed by atoms with Crippen LogP contribution in [0.3, 0.4) is 0 Å². The average Bonchev–Trinajstić information content (AvgIpc) is 2.85. The van der Waals surface area contributed by atoms with E-state index in [9.17, 15) is 8.42 Å². The molecule has 0 saturated carbocycles. The molecule has 0 N–H and O–H groups in total. The second kappa shape index (κ2) is 9.17. The molecule has 32 heavy (non-hydrogen) atoms. The first-order valence-corrected chi connectivity index (χ1v) is 12.9. The van der Waals surface area contributed by atoms with E-state index < -0.39 is 10.0 Å². The minimum Gasteiger partial charge on any atom is -0.371 e. The van der Waals surface area contributed by atoms with Crippen molar-refractivity contribution >= 4 is 26.5 Å². The first-order chi connectivity index (χ1) is 15.6. The van der Waals surface area contributed by atoms with Gasteiger partial charge in [0.25, 0.3) is 0 Å². The van der Waals surface area contributed by atoms with E-state index in [2.05, 4.69) is 26.9 Å². The van der Waals surface area contributed by atoms with Crippen molar-refractivity contribution in [2.45, 2.75) is 17.7 Å². The van der Waals surface area contributed by atoms with Gasteiger partial charge in [-0.25, -0.2) is 8.42 Å². The van der Waals surface area contributed by atoms with Gasteiger partial charge in [-0.1, -0.05) is 30.3 Å². The average molecular weight is 451 g/mol. The van der Waals surface area contributed by atoms with Crippen LogP contribution in [0, 0.1) is 5.92 Å². The standard InChI is InChI=1S/C25H30N4O2S/c30-32(31,25-6-5-22-3-1-2-4-23(22)19-25)29-17-15-27(16-18-29)20-21-9-13-28(14-10-21)24-7-11-26-12-8-24/h1-8,11-12,19,21H,9-10,13-18,20H2. The topological polar surface area (TPSA) is 56.8 Å². The summed E-state index contributed by atoms with van der Waals surface area (Å²) in [6, 6.07) is 17.5. The van der Waals surface area contributed by atoms with Gasteiger partial charge in [-0.2, -0.15) is 4.31 Å². The number of hydrogen-bond acceptors (Lipinski definition) is 5. The third-order valence-electron chi connectivity index (χ3n) is 6.85. The van der Waals surface area contributed by atoms with Gasteiger partial charge in [0, 0.05) is 63.9 Å². The van der Waals surface area contributed by atoms with Crippen LogP contribution in [-0.4, -0.2) is 68.4 Å². The molecule has 2 fully saturated rings. The molecule has 0 radical (unpaired) electrons. The molecule has 3 heterocycles. The molecule has 2 aliphatic rings. The summed E-state index contributed by atoms with van der Waals surface area (Å²) in [5.74, 6) is 0.678. The maximum Gasteiger partial charge on any atom is 0.243 e. The van der Waals surface area contributed by atoms with E-state index >= 15 is 0 Å². The van der Waals surface area contributed by atoms with E-state index in [4.69, 9.17) is 0 Å². The first kappa shape index (κ1) is 21.4. The molecule has 2 aliphatic heterocycles. The van der Waals surface area contributed by atoms with Gasteiger partial charge in [-0.05, 0) is 53.8 Å². The van der Waals surface area contributed by atoms with Gasteiger partial charge in [0.15, 0.2) is 0 Å². The van der Waals surface area contributed by atoms with E-state index in [1.165, 1.54) is 18.5 Å². The highest BCUT2D eigenvalue weighted by Crippen LogP contribution is 2.25. The van der Waals surface area contributed by atoms with Gasteiger partial charge < -0.3 is 9.80 Å². The molecule has 7 heteroatoms. The van der Waals surface area contributed by atoms with Crippen LogP contribution >= 0.6 is 0 Å². The van der Waals surface area contributed by atoms with E-state index in [0.29, 0.717) is 23.9 Å². The normalized spacial score (nSPS) is 19.4. The highest BCUT2D eigenvalue weighted by Gasteiger charge is 2.30. The van der Waals surface area contributed by atoms with Crippen LogP contribution in [0.2, 0.25) is 0 Å². The summed E-state index contributed by atoms with van der Waals surface area (Å²) in [6.45, 7) is 5.94. The van der Waals surface area contributed by atoms with Crippen LogP contribution in [-0.2, 0) is 10.0 Å². The highest BCUT2D eigenvalue weighted by atomic mass is 32.2. The fourth-order valence-electron chi connectivity index (χ4n) is 4.92. The Hall–Kier alpha value is -2.48. The molecule has 1 aromatic heterocycles. The fraction of sp³-hybridized carbons (Fsp3) is 0.400. The molecule has 0 spiro atoms. The summed E-state index contributed by atoms with van der Waals surface area (Å²) >= 11 is 0. The number of fused-ring (bicyclic) bond motifs is 1. The Morgan fingerprint density at radius 2 is 1.50 bits per heavy atom. The van der Waals surface area contributed by atoms with E-state index in [1.807, 2.05) is 42.7 Å². The number of piperidine rings is 1. The van der Waals surface area contributed by atoms with Crippen LogP contribution in [0.4, 0.5) is 5.69 Å². The molecule has 2 saturated heterocycles. The summed E-state index contributed by atoms with van der Waals surface area (Å²) in [5, 5.41) is 2.02. The third-order valence-corrected chi connectivity index (χ3v) is 8.74. The number of benzene rings is 2. The molecular formula is C25H30N4O2S. The van der Waals surface area contributed by atoms with Gasteiger partial charge in [0.05, 0.1) is 4.90 Å². The van der Waals surface area contributed by atoms with E-state index in [0.717, 1.165) is 43.5 Å². The number of nitrogens with zero attached hydrogens (tertiary/aromatic N) is 4. The van der Waals surface area contributed by atoms with Crippen molar-refractivity contribution in [3.8, 4) is 0 Å². The molecule has 6 nitrogen and oxygen atoms in total. The Labute approximate surface area is 190 Å². The first-order valence-electron chi connectivity index (χ1n) is 11.5. The van der Waals surface area contributed by atoms with Crippen molar-refractivity contribution in [3.63, 3.8) is 0 Å². The number of rotatable bonds is 5. The van der Waals surface area contributed by atoms with E-state index in [-0.39, 0.29) is 0 Å². The predicted octanol–water partition coefficient (Wildman–Crippen LogP) is 3.46. The van der Waals surface area contributed by atoms with Crippen LogP contribution in [0.25, 0.3) is 10.8 Å². The molecule has 0 unspecified atom stereocenters.